The van der Waals surface area contributed by atoms with Gasteiger partial charge in [-0.1, -0.05) is 0 Å². The van der Waals surface area contributed by atoms with Crippen LogP contribution in [0, 0.1) is 4.77 Å². The van der Waals surface area contributed by atoms with Crippen molar-refractivity contribution in [1.29, 1.82) is 0 Å². The molecule has 0 aromatic carbocycles. The van der Waals surface area contributed by atoms with Gasteiger partial charge in [-0.25, -0.2) is 0 Å². The van der Waals surface area contributed by atoms with Crippen molar-refractivity contribution in [3.05, 3.63) is 32.5 Å². The minimum atomic E-state index is 0.452. The number of hydrogen-bond donors (Lipinski definition) is 1. The monoisotopic (exact) mass is 277 g/mol. The van der Waals surface area contributed by atoms with Crippen LogP contribution in [0.3, 0.4) is 0 Å². The zero-order valence-corrected chi connectivity index (χ0v) is 11.7. The molecule has 2 aliphatic carbocycles. The molecule has 3 nitrogen and oxygen atoms in total. The van der Waals surface area contributed by atoms with Gasteiger partial charge in [-0.3, -0.25) is 5.10 Å². The second-order valence-electron chi connectivity index (χ2n) is 5.23. The van der Waals surface area contributed by atoms with Crippen LogP contribution in [0.25, 0.3) is 0 Å². The van der Waals surface area contributed by atoms with Crippen molar-refractivity contribution in [2.45, 2.75) is 44.1 Å². The van der Waals surface area contributed by atoms with Crippen molar-refractivity contribution < 1.29 is 0 Å². The lowest BCUT2D eigenvalue weighted by atomic mass is 9.87. The van der Waals surface area contributed by atoms with Crippen LogP contribution in [-0.2, 0) is 6.42 Å². The summed E-state index contributed by atoms with van der Waals surface area (Å²) in [5, 5.41) is 9.74. The molecular weight excluding hydrogens is 262 g/mol. The molecule has 1 fully saturated rings. The highest BCUT2D eigenvalue weighted by atomic mass is 32.1. The Morgan fingerprint density at radius 3 is 3.11 bits per heavy atom. The number of fused-ring (bicyclic) bond motifs is 1. The maximum Gasteiger partial charge on any atom is 0.195 e. The van der Waals surface area contributed by atoms with Gasteiger partial charge in [-0.15, -0.1) is 11.3 Å². The van der Waals surface area contributed by atoms with Gasteiger partial charge in [0, 0.05) is 16.8 Å². The van der Waals surface area contributed by atoms with E-state index in [0.29, 0.717) is 12.0 Å². The average Bonchev–Trinajstić information content (AvgIpc) is 2.97. The topological polar surface area (TPSA) is 33.6 Å². The fraction of sp³-hybridized carbons (Fsp3) is 0.538. The van der Waals surface area contributed by atoms with E-state index in [1.807, 2.05) is 11.3 Å². The summed E-state index contributed by atoms with van der Waals surface area (Å²) in [5.74, 6) is 1.62. The molecule has 0 aliphatic heterocycles. The minimum absolute atomic E-state index is 0.452. The number of thiophene rings is 1. The fourth-order valence-electron chi connectivity index (χ4n) is 3.00. The van der Waals surface area contributed by atoms with E-state index in [9.17, 15) is 0 Å². The highest BCUT2D eigenvalue weighted by Crippen LogP contribution is 2.42. The smallest absolute Gasteiger partial charge is 0.195 e. The fourth-order valence-corrected chi connectivity index (χ4v) is 4.28. The molecule has 1 N–H and O–H groups in total. The van der Waals surface area contributed by atoms with Gasteiger partial charge < -0.3 is 4.57 Å². The number of rotatable bonds is 2. The average molecular weight is 277 g/mol. The molecule has 1 unspecified atom stereocenters. The molecule has 1 atom stereocenters. The summed E-state index contributed by atoms with van der Waals surface area (Å²) in [6, 6.07) is 2.88. The Kier molecular flexibility index (Phi) is 2.45. The molecule has 1 saturated carbocycles. The Labute approximate surface area is 115 Å². The highest BCUT2D eigenvalue weighted by Gasteiger charge is 2.32. The molecule has 2 aromatic heterocycles. The van der Waals surface area contributed by atoms with Gasteiger partial charge in [0.15, 0.2) is 4.77 Å². The number of nitrogens with one attached hydrogen (secondary N) is 1. The van der Waals surface area contributed by atoms with Crippen LogP contribution in [-0.4, -0.2) is 14.8 Å². The first-order chi connectivity index (χ1) is 8.84. The number of aromatic nitrogens is 3. The predicted octanol–water partition coefficient (Wildman–Crippen LogP) is 3.81. The zero-order valence-electron chi connectivity index (χ0n) is 10.1. The summed E-state index contributed by atoms with van der Waals surface area (Å²) in [5.41, 5.74) is 1.49. The standard InChI is InChI=1S/C13H15N3S2/c17-13-15-14-12(16(13)8-4-5-8)10-2-1-3-11-9(10)6-7-18-11/h6-8,10H,1-5H2,(H,15,17). The molecule has 2 aliphatic rings. The number of nitrogens with zero attached hydrogens (tertiary/aromatic N) is 2. The Morgan fingerprint density at radius 2 is 2.28 bits per heavy atom. The van der Waals surface area contributed by atoms with Gasteiger partial charge in [-0.2, -0.15) is 5.10 Å². The predicted molar refractivity (Wildman–Crippen MR) is 74.8 cm³/mol. The van der Waals surface area contributed by atoms with E-state index >= 15 is 0 Å². The van der Waals surface area contributed by atoms with Crippen LogP contribution in [0.15, 0.2) is 11.4 Å². The summed E-state index contributed by atoms with van der Waals surface area (Å²) < 4.78 is 3.07. The lowest BCUT2D eigenvalue weighted by Gasteiger charge is -2.22. The third-order valence-corrected chi connectivity index (χ3v) is 5.29. The molecule has 0 radical (unpaired) electrons. The Morgan fingerprint density at radius 1 is 1.39 bits per heavy atom. The van der Waals surface area contributed by atoms with Crippen molar-refractivity contribution in [3.8, 4) is 0 Å². The van der Waals surface area contributed by atoms with Gasteiger partial charge in [-0.05, 0) is 61.3 Å². The van der Waals surface area contributed by atoms with Crippen molar-refractivity contribution in [2.24, 2.45) is 0 Å². The van der Waals surface area contributed by atoms with Crippen LogP contribution in [0.1, 0.15) is 53.9 Å². The summed E-state index contributed by atoms with van der Waals surface area (Å²) >= 11 is 7.27. The first-order valence-corrected chi connectivity index (χ1v) is 7.86. The van der Waals surface area contributed by atoms with Crippen molar-refractivity contribution in [3.63, 3.8) is 0 Å². The Balaban J connectivity index is 1.83. The molecule has 18 heavy (non-hydrogen) atoms. The second-order valence-corrected chi connectivity index (χ2v) is 6.62. The van der Waals surface area contributed by atoms with Crippen molar-refractivity contribution in [1.82, 2.24) is 14.8 Å². The van der Waals surface area contributed by atoms with Crippen LogP contribution in [0.5, 0.6) is 0 Å². The molecule has 94 valence electrons. The summed E-state index contributed by atoms with van der Waals surface area (Å²) in [7, 11) is 0. The molecule has 5 heteroatoms. The van der Waals surface area contributed by atoms with E-state index in [1.165, 1.54) is 43.5 Å². The van der Waals surface area contributed by atoms with Gasteiger partial charge in [0.2, 0.25) is 0 Å². The lowest BCUT2D eigenvalue weighted by molar-refractivity contribution is 0.557. The molecule has 4 rings (SSSR count). The molecule has 2 heterocycles. The van der Waals surface area contributed by atoms with Gasteiger partial charge in [0.1, 0.15) is 5.82 Å². The van der Waals surface area contributed by atoms with Gasteiger partial charge in [0.25, 0.3) is 0 Å². The third kappa shape index (κ3) is 1.61. The van der Waals surface area contributed by atoms with Gasteiger partial charge in [0.05, 0.1) is 0 Å². The van der Waals surface area contributed by atoms with E-state index < -0.39 is 0 Å². The molecule has 0 amide bonds. The third-order valence-electron chi connectivity index (χ3n) is 4.01. The maximum absolute atomic E-state index is 5.38. The van der Waals surface area contributed by atoms with E-state index in [-0.39, 0.29) is 0 Å². The molecule has 0 bridgehead atoms. The number of aromatic amines is 1. The Hall–Kier alpha value is -0.940. The minimum Gasteiger partial charge on any atom is -0.301 e. The molecular formula is C13H15N3S2. The summed E-state index contributed by atoms with van der Waals surface area (Å²) in [4.78, 5) is 1.54. The second kappa shape index (κ2) is 4.03. The van der Waals surface area contributed by atoms with Crippen LogP contribution in [0.2, 0.25) is 0 Å². The highest BCUT2D eigenvalue weighted by molar-refractivity contribution is 7.71. The van der Waals surface area contributed by atoms with E-state index in [2.05, 4.69) is 26.2 Å². The van der Waals surface area contributed by atoms with Crippen LogP contribution >= 0.6 is 23.6 Å². The maximum atomic E-state index is 5.38. The Bertz CT molecular complexity index is 633. The summed E-state index contributed by atoms with van der Waals surface area (Å²) in [6.45, 7) is 0. The van der Waals surface area contributed by atoms with E-state index in [1.54, 1.807) is 4.88 Å². The van der Waals surface area contributed by atoms with Crippen LogP contribution < -0.4 is 0 Å². The zero-order chi connectivity index (χ0) is 12.1. The van der Waals surface area contributed by atoms with E-state index in [4.69, 9.17) is 12.2 Å². The number of aryl methyl sites for hydroxylation is 1. The summed E-state index contributed by atoms with van der Waals surface area (Å²) in [6.07, 6.45) is 6.21. The quantitative estimate of drug-likeness (QED) is 0.847. The van der Waals surface area contributed by atoms with Crippen molar-refractivity contribution in [2.75, 3.05) is 0 Å². The van der Waals surface area contributed by atoms with Crippen LogP contribution in [0.4, 0.5) is 0 Å². The number of hydrogen-bond acceptors (Lipinski definition) is 3. The largest absolute Gasteiger partial charge is 0.301 e. The lowest BCUT2D eigenvalue weighted by Crippen LogP contribution is -2.14. The van der Waals surface area contributed by atoms with Crippen molar-refractivity contribution >= 4 is 23.6 Å². The first-order valence-electron chi connectivity index (χ1n) is 6.57. The molecule has 2 aromatic rings. The molecule has 0 spiro atoms. The SMILES string of the molecule is S=c1[nH]nc(C2CCCc3sccc32)n1C1CC1. The first kappa shape index (κ1) is 10.9. The van der Waals surface area contributed by atoms with E-state index in [0.717, 1.165) is 4.77 Å². The molecule has 0 saturated heterocycles. The number of H-pyrrole nitrogens is 1. The normalized spacial score (nSPS) is 23.0. The van der Waals surface area contributed by atoms with Gasteiger partial charge >= 0.3 is 0 Å².